The second-order valence-electron chi connectivity index (χ2n) is 5.76. The number of carboxylic acid groups (broad SMARTS) is 1. The smallest absolute Gasteiger partial charge is 0.308 e. The number of nitrogens with zero attached hydrogens (tertiary/aromatic N) is 2. The van der Waals surface area contributed by atoms with Gasteiger partial charge in [-0.25, -0.2) is 0 Å². The second kappa shape index (κ2) is 7.90. The summed E-state index contributed by atoms with van der Waals surface area (Å²) in [6.07, 6.45) is 0. The number of carboxylic acids is 1. The number of thioether (sulfide) groups is 1. The fourth-order valence-electron chi connectivity index (χ4n) is 2.44. The molecule has 24 heavy (non-hydrogen) atoms. The van der Waals surface area contributed by atoms with Gasteiger partial charge >= 0.3 is 5.97 Å². The fraction of sp³-hybridized carbons (Fsp3) is 0.438. The highest BCUT2D eigenvalue weighted by Gasteiger charge is 2.37. The van der Waals surface area contributed by atoms with Crippen LogP contribution in [0.1, 0.15) is 17.3 Å². The van der Waals surface area contributed by atoms with E-state index < -0.39 is 17.9 Å². The van der Waals surface area contributed by atoms with Gasteiger partial charge in [0.1, 0.15) is 6.04 Å². The second-order valence-corrected chi connectivity index (χ2v) is 7.19. The van der Waals surface area contributed by atoms with Gasteiger partial charge in [-0.15, -0.1) is 11.8 Å². The highest BCUT2D eigenvalue weighted by atomic mass is 35.5. The van der Waals surface area contributed by atoms with Gasteiger partial charge < -0.3 is 14.9 Å². The first-order chi connectivity index (χ1) is 11.3. The molecule has 0 aliphatic carbocycles. The predicted molar refractivity (Wildman–Crippen MR) is 93.2 cm³/mol. The lowest BCUT2D eigenvalue weighted by Crippen LogP contribution is -2.49. The Morgan fingerprint density at radius 3 is 2.58 bits per heavy atom. The standard InChI is InChI=1S/C16H19ClN2O4S/c1-10(16(22)23)7-18(2)15(21)13-8-24-9-19(13)14(20)11-3-5-12(17)6-4-11/h3-6,10,13H,7-9H2,1-2H3,(H,22,23). The fourth-order valence-corrected chi connectivity index (χ4v) is 3.71. The Hall–Kier alpha value is -1.73. The van der Waals surface area contributed by atoms with Crippen LogP contribution in [-0.2, 0) is 9.59 Å². The molecule has 2 unspecified atom stereocenters. The Bertz CT molecular complexity index is 637. The van der Waals surface area contributed by atoms with Gasteiger partial charge in [0.2, 0.25) is 5.91 Å². The molecule has 1 aromatic carbocycles. The third kappa shape index (κ3) is 4.21. The first-order valence-corrected chi connectivity index (χ1v) is 8.96. The Morgan fingerprint density at radius 2 is 2.00 bits per heavy atom. The minimum absolute atomic E-state index is 0.109. The number of halogens is 1. The maximum atomic E-state index is 12.6. The predicted octanol–water partition coefficient (Wildman–Crippen LogP) is 2.03. The zero-order valence-corrected chi connectivity index (χ0v) is 15.0. The van der Waals surface area contributed by atoms with Crippen LogP contribution < -0.4 is 0 Å². The SMILES string of the molecule is CC(CN(C)C(=O)C1CSCN1C(=O)c1ccc(Cl)cc1)C(=O)O. The number of aliphatic carboxylic acids is 1. The molecule has 1 aliphatic rings. The van der Waals surface area contributed by atoms with Crippen LogP contribution >= 0.6 is 23.4 Å². The van der Waals surface area contributed by atoms with E-state index in [1.54, 1.807) is 38.2 Å². The Kier molecular flexibility index (Phi) is 6.12. The molecule has 0 bridgehead atoms. The summed E-state index contributed by atoms with van der Waals surface area (Å²) < 4.78 is 0. The maximum absolute atomic E-state index is 12.6. The summed E-state index contributed by atoms with van der Waals surface area (Å²) in [5, 5.41) is 9.51. The van der Waals surface area contributed by atoms with Gasteiger partial charge in [0.05, 0.1) is 11.8 Å². The van der Waals surface area contributed by atoms with Gasteiger partial charge in [-0.1, -0.05) is 18.5 Å². The molecule has 6 nitrogen and oxygen atoms in total. The summed E-state index contributed by atoms with van der Waals surface area (Å²) in [6, 6.07) is 5.95. The van der Waals surface area contributed by atoms with Gasteiger partial charge in [-0.05, 0) is 24.3 Å². The molecule has 2 rings (SSSR count). The monoisotopic (exact) mass is 370 g/mol. The first-order valence-electron chi connectivity index (χ1n) is 7.43. The van der Waals surface area contributed by atoms with E-state index in [9.17, 15) is 14.4 Å². The van der Waals surface area contributed by atoms with Crippen LogP contribution in [0, 0.1) is 5.92 Å². The minimum Gasteiger partial charge on any atom is -0.481 e. The number of amides is 2. The number of rotatable bonds is 5. The molecular formula is C16H19ClN2O4S. The highest BCUT2D eigenvalue weighted by molar-refractivity contribution is 7.99. The number of benzene rings is 1. The quantitative estimate of drug-likeness (QED) is 0.858. The van der Waals surface area contributed by atoms with Gasteiger partial charge in [0.25, 0.3) is 5.91 Å². The first kappa shape index (κ1) is 18.6. The molecule has 130 valence electrons. The van der Waals surface area contributed by atoms with Crippen molar-refractivity contribution in [1.29, 1.82) is 0 Å². The van der Waals surface area contributed by atoms with Crippen LogP contribution in [0.4, 0.5) is 0 Å². The molecule has 1 saturated heterocycles. The topological polar surface area (TPSA) is 77.9 Å². The van der Waals surface area contributed by atoms with E-state index in [0.717, 1.165) is 0 Å². The van der Waals surface area contributed by atoms with Crippen molar-refractivity contribution >= 4 is 41.1 Å². The van der Waals surface area contributed by atoms with Gasteiger partial charge in [0.15, 0.2) is 0 Å². The largest absolute Gasteiger partial charge is 0.481 e. The average Bonchev–Trinajstić information content (AvgIpc) is 3.03. The Labute approximate surface area is 149 Å². The molecule has 1 heterocycles. The number of carbonyl (C=O) groups excluding carboxylic acids is 2. The molecule has 0 saturated carbocycles. The van der Waals surface area contributed by atoms with Gasteiger partial charge in [0, 0.05) is 29.9 Å². The van der Waals surface area contributed by atoms with Crippen molar-refractivity contribution in [1.82, 2.24) is 9.80 Å². The minimum atomic E-state index is -0.954. The van der Waals surface area contributed by atoms with E-state index in [4.69, 9.17) is 16.7 Å². The molecule has 2 amide bonds. The summed E-state index contributed by atoms with van der Waals surface area (Å²) in [5.41, 5.74) is 0.473. The third-order valence-corrected chi connectivity index (χ3v) is 5.13. The summed E-state index contributed by atoms with van der Waals surface area (Å²) in [4.78, 5) is 39.1. The van der Waals surface area contributed by atoms with Crippen LogP contribution in [0.5, 0.6) is 0 Å². The highest BCUT2D eigenvalue weighted by Crippen LogP contribution is 2.25. The molecule has 0 radical (unpaired) electrons. The molecule has 0 spiro atoms. The van der Waals surface area contributed by atoms with E-state index in [2.05, 4.69) is 0 Å². The maximum Gasteiger partial charge on any atom is 0.308 e. The normalized spacial score (nSPS) is 18.3. The summed E-state index contributed by atoms with van der Waals surface area (Å²) in [7, 11) is 1.57. The molecule has 1 fully saturated rings. The van der Waals surface area contributed by atoms with Crippen LogP contribution in [0.25, 0.3) is 0 Å². The van der Waals surface area contributed by atoms with Crippen molar-refractivity contribution in [3.8, 4) is 0 Å². The number of hydrogen-bond acceptors (Lipinski definition) is 4. The van der Waals surface area contributed by atoms with Crippen molar-refractivity contribution in [2.45, 2.75) is 13.0 Å². The molecule has 1 aromatic rings. The number of carbonyl (C=O) groups is 3. The zero-order chi connectivity index (χ0) is 17.9. The molecule has 8 heteroatoms. The number of hydrogen-bond donors (Lipinski definition) is 1. The lowest BCUT2D eigenvalue weighted by atomic mass is 10.1. The van der Waals surface area contributed by atoms with Crippen LogP contribution in [-0.4, -0.2) is 64.0 Å². The Balaban J connectivity index is 2.09. The van der Waals surface area contributed by atoms with Crippen molar-refractivity contribution in [3.63, 3.8) is 0 Å². The number of likely N-dealkylation sites (N-methyl/N-ethyl adjacent to an activating group) is 1. The lowest BCUT2D eigenvalue weighted by molar-refractivity contribution is -0.143. The average molecular weight is 371 g/mol. The van der Waals surface area contributed by atoms with Crippen molar-refractivity contribution in [2.75, 3.05) is 25.2 Å². The summed E-state index contributed by atoms with van der Waals surface area (Å²) in [6.45, 7) is 1.66. The molecular weight excluding hydrogens is 352 g/mol. The van der Waals surface area contributed by atoms with Crippen LogP contribution in [0.2, 0.25) is 5.02 Å². The van der Waals surface area contributed by atoms with Crippen molar-refractivity contribution in [2.24, 2.45) is 5.92 Å². The summed E-state index contributed by atoms with van der Waals surface area (Å²) in [5.74, 6) is -1.15. The molecule has 1 N–H and O–H groups in total. The lowest BCUT2D eigenvalue weighted by Gasteiger charge is -2.28. The summed E-state index contributed by atoms with van der Waals surface area (Å²) >= 11 is 7.34. The van der Waals surface area contributed by atoms with Gasteiger partial charge in [-0.3, -0.25) is 14.4 Å². The molecule has 1 aliphatic heterocycles. The van der Waals surface area contributed by atoms with Gasteiger partial charge in [-0.2, -0.15) is 0 Å². The molecule has 0 aromatic heterocycles. The van der Waals surface area contributed by atoms with E-state index in [0.29, 0.717) is 22.2 Å². The van der Waals surface area contributed by atoms with E-state index in [1.807, 2.05) is 0 Å². The Morgan fingerprint density at radius 1 is 1.38 bits per heavy atom. The van der Waals surface area contributed by atoms with Crippen molar-refractivity contribution < 1.29 is 19.5 Å². The van der Waals surface area contributed by atoms with E-state index >= 15 is 0 Å². The van der Waals surface area contributed by atoms with Crippen molar-refractivity contribution in [3.05, 3.63) is 34.9 Å². The van der Waals surface area contributed by atoms with Crippen LogP contribution in [0.15, 0.2) is 24.3 Å². The van der Waals surface area contributed by atoms with E-state index in [-0.39, 0.29) is 18.4 Å². The molecule has 2 atom stereocenters. The van der Waals surface area contributed by atoms with E-state index in [1.165, 1.54) is 21.6 Å². The zero-order valence-electron chi connectivity index (χ0n) is 13.4. The van der Waals surface area contributed by atoms with Crippen LogP contribution in [0.3, 0.4) is 0 Å². The third-order valence-electron chi connectivity index (χ3n) is 3.86.